The molecule has 0 N–H and O–H groups in total. The van der Waals surface area contributed by atoms with E-state index in [1.54, 1.807) is 10.9 Å². The minimum atomic E-state index is 0.169. The molecule has 0 atom stereocenters. The Labute approximate surface area is 103 Å². The van der Waals surface area contributed by atoms with E-state index in [0.717, 1.165) is 15.9 Å². The number of ether oxygens (including phenoxy) is 1. The van der Waals surface area contributed by atoms with Crippen molar-refractivity contribution in [1.29, 1.82) is 0 Å². The molecule has 0 radical (unpaired) electrons. The molecule has 0 fully saturated rings. The maximum Gasteiger partial charge on any atom is 0.158 e. The summed E-state index contributed by atoms with van der Waals surface area (Å²) in [6.07, 6.45) is 3.77. The second-order valence-corrected chi connectivity index (χ2v) is 4.68. The zero-order valence-electron chi connectivity index (χ0n) is 9.22. The van der Waals surface area contributed by atoms with E-state index in [2.05, 4.69) is 21.0 Å². The van der Waals surface area contributed by atoms with Crippen molar-refractivity contribution in [3.05, 3.63) is 41.1 Å². The molecule has 1 aromatic heterocycles. The lowest BCUT2D eigenvalue weighted by Crippen LogP contribution is -2.04. The fraction of sp³-hybridized carbons (Fsp3) is 0.250. The molecule has 0 spiro atoms. The maximum atomic E-state index is 5.55. The molecule has 2 aromatic rings. The van der Waals surface area contributed by atoms with E-state index in [0.29, 0.717) is 0 Å². The van der Waals surface area contributed by atoms with Crippen molar-refractivity contribution in [2.24, 2.45) is 0 Å². The van der Waals surface area contributed by atoms with Gasteiger partial charge in [-0.05, 0) is 38.1 Å². The van der Waals surface area contributed by atoms with Gasteiger partial charge in [0, 0.05) is 4.47 Å². The second-order valence-electron chi connectivity index (χ2n) is 3.76. The predicted octanol–water partition coefficient (Wildman–Crippen LogP) is 3.42. The number of hydrogen-bond acceptors (Lipinski definition) is 2. The Morgan fingerprint density at radius 2 is 1.94 bits per heavy atom. The molecule has 0 amide bonds. The van der Waals surface area contributed by atoms with Crippen LogP contribution in [0, 0.1) is 0 Å². The molecule has 4 heteroatoms. The Morgan fingerprint density at radius 3 is 2.56 bits per heavy atom. The summed E-state index contributed by atoms with van der Waals surface area (Å²) in [7, 11) is 0. The van der Waals surface area contributed by atoms with Crippen LogP contribution in [0.2, 0.25) is 0 Å². The van der Waals surface area contributed by atoms with Crippen LogP contribution < -0.4 is 4.74 Å². The van der Waals surface area contributed by atoms with Crippen molar-refractivity contribution in [3.8, 4) is 11.4 Å². The smallest absolute Gasteiger partial charge is 0.158 e. The van der Waals surface area contributed by atoms with Crippen LogP contribution in [0.5, 0.6) is 5.75 Å². The summed E-state index contributed by atoms with van der Waals surface area (Å²) in [5.41, 5.74) is 1.02. The molecule has 0 unspecified atom stereocenters. The number of nitrogens with zero attached hydrogens (tertiary/aromatic N) is 2. The quantitative estimate of drug-likeness (QED) is 0.862. The van der Waals surface area contributed by atoms with Gasteiger partial charge in [0.05, 0.1) is 24.2 Å². The number of hydrogen-bond donors (Lipinski definition) is 0. The van der Waals surface area contributed by atoms with Gasteiger partial charge >= 0.3 is 0 Å². The molecule has 0 saturated carbocycles. The Hall–Kier alpha value is -1.29. The lowest BCUT2D eigenvalue weighted by Gasteiger charge is -2.05. The molecule has 0 aliphatic heterocycles. The highest BCUT2D eigenvalue weighted by atomic mass is 79.9. The van der Waals surface area contributed by atoms with Crippen molar-refractivity contribution >= 4 is 15.9 Å². The lowest BCUT2D eigenvalue weighted by molar-refractivity contribution is 0.242. The molecule has 2 rings (SSSR count). The molecule has 0 aliphatic carbocycles. The average molecular weight is 281 g/mol. The first kappa shape index (κ1) is 11.2. The highest BCUT2D eigenvalue weighted by molar-refractivity contribution is 9.10. The lowest BCUT2D eigenvalue weighted by atomic mass is 10.3. The van der Waals surface area contributed by atoms with Gasteiger partial charge in [-0.15, -0.1) is 0 Å². The van der Waals surface area contributed by atoms with Crippen molar-refractivity contribution in [2.45, 2.75) is 20.0 Å². The summed E-state index contributed by atoms with van der Waals surface area (Å²) in [6, 6.07) is 7.96. The first-order valence-corrected chi connectivity index (χ1v) is 5.92. The van der Waals surface area contributed by atoms with Crippen molar-refractivity contribution < 1.29 is 4.74 Å². The zero-order valence-corrected chi connectivity index (χ0v) is 10.8. The van der Waals surface area contributed by atoms with Gasteiger partial charge in [0.25, 0.3) is 0 Å². The molecule has 3 nitrogen and oxygen atoms in total. The van der Waals surface area contributed by atoms with Gasteiger partial charge in [-0.3, -0.25) is 0 Å². The number of benzene rings is 1. The van der Waals surface area contributed by atoms with Crippen LogP contribution in [-0.2, 0) is 0 Å². The molecule has 1 aromatic carbocycles. The summed E-state index contributed by atoms with van der Waals surface area (Å²) >= 11 is 3.40. The van der Waals surface area contributed by atoms with Gasteiger partial charge < -0.3 is 4.74 Å². The summed E-state index contributed by atoms with van der Waals surface area (Å²) < 4.78 is 8.40. The molecule has 1 heterocycles. The van der Waals surface area contributed by atoms with E-state index in [1.807, 2.05) is 44.3 Å². The summed E-state index contributed by atoms with van der Waals surface area (Å²) in [6.45, 7) is 3.99. The number of aromatic nitrogens is 2. The third-order valence-electron chi connectivity index (χ3n) is 2.02. The van der Waals surface area contributed by atoms with Crippen LogP contribution in [0.25, 0.3) is 5.69 Å². The predicted molar refractivity (Wildman–Crippen MR) is 67.0 cm³/mol. The molecule has 0 bridgehead atoms. The fourth-order valence-electron chi connectivity index (χ4n) is 1.37. The highest BCUT2D eigenvalue weighted by Gasteiger charge is 2.03. The number of halogens is 1. The fourth-order valence-corrected chi connectivity index (χ4v) is 1.64. The monoisotopic (exact) mass is 280 g/mol. The van der Waals surface area contributed by atoms with Crippen molar-refractivity contribution in [2.75, 3.05) is 0 Å². The van der Waals surface area contributed by atoms with Crippen molar-refractivity contribution in [1.82, 2.24) is 9.78 Å². The normalized spacial score (nSPS) is 10.8. The van der Waals surface area contributed by atoms with Crippen molar-refractivity contribution in [3.63, 3.8) is 0 Å². The Kier molecular flexibility index (Phi) is 3.29. The van der Waals surface area contributed by atoms with Gasteiger partial charge in [0.1, 0.15) is 0 Å². The molecular weight excluding hydrogens is 268 g/mol. The molecule has 84 valence electrons. The first-order chi connectivity index (χ1) is 7.65. The van der Waals surface area contributed by atoms with Crippen LogP contribution in [0.3, 0.4) is 0 Å². The third-order valence-corrected chi connectivity index (χ3v) is 2.55. The van der Waals surface area contributed by atoms with E-state index >= 15 is 0 Å². The first-order valence-electron chi connectivity index (χ1n) is 5.12. The molecule has 0 aliphatic rings. The SMILES string of the molecule is CC(C)Oc1cnn(-c2ccc(Br)cc2)c1. The largest absolute Gasteiger partial charge is 0.488 e. The zero-order chi connectivity index (χ0) is 11.5. The second kappa shape index (κ2) is 4.70. The van der Waals surface area contributed by atoms with Crippen LogP contribution in [-0.4, -0.2) is 15.9 Å². The van der Waals surface area contributed by atoms with Gasteiger partial charge in [0.15, 0.2) is 5.75 Å². The van der Waals surface area contributed by atoms with Gasteiger partial charge in [-0.25, -0.2) is 4.68 Å². The third kappa shape index (κ3) is 2.64. The summed E-state index contributed by atoms with van der Waals surface area (Å²) in [5.74, 6) is 0.790. The van der Waals surface area contributed by atoms with Gasteiger partial charge in [-0.2, -0.15) is 5.10 Å². The highest BCUT2D eigenvalue weighted by Crippen LogP contribution is 2.17. The van der Waals surface area contributed by atoms with Crippen LogP contribution in [0.4, 0.5) is 0 Å². The van der Waals surface area contributed by atoms with Crippen LogP contribution >= 0.6 is 15.9 Å². The van der Waals surface area contributed by atoms with E-state index in [4.69, 9.17) is 4.74 Å². The number of rotatable bonds is 3. The molecule has 16 heavy (non-hydrogen) atoms. The van der Waals surface area contributed by atoms with E-state index in [1.165, 1.54) is 0 Å². The Balaban J connectivity index is 2.21. The van der Waals surface area contributed by atoms with Crippen LogP contribution in [0.1, 0.15) is 13.8 Å². The van der Waals surface area contributed by atoms with Gasteiger partial charge in [0.2, 0.25) is 0 Å². The molecule has 0 saturated heterocycles. The van der Waals surface area contributed by atoms with Gasteiger partial charge in [-0.1, -0.05) is 15.9 Å². The van der Waals surface area contributed by atoms with E-state index in [-0.39, 0.29) is 6.10 Å². The minimum Gasteiger partial charge on any atom is -0.488 e. The Morgan fingerprint density at radius 1 is 1.25 bits per heavy atom. The van der Waals surface area contributed by atoms with Crippen LogP contribution in [0.15, 0.2) is 41.1 Å². The summed E-state index contributed by atoms with van der Waals surface area (Å²) in [4.78, 5) is 0. The summed E-state index contributed by atoms with van der Waals surface area (Å²) in [5, 5.41) is 4.25. The molecular formula is C12H13BrN2O. The topological polar surface area (TPSA) is 27.1 Å². The Bertz CT molecular complexity index is 462. The standard InChI is InChI=1S/C12H13BrN2O/c1-9(2)16-12-7-14-15(8-12)11-5-3-10(13)4-6-11/h3-9H,1-2H3. The van der Waals surface area contributed by atoms with E-state index < -0.39 is 0 Å². The van der Waals surface area contributed by atoms with E-state index in [9.17, 15) is 0 Å². The average Bonchev–Trinajstić information content (AvgIpc) is 2.66. The maximum absolute atomic E-state index is 5.55. The minimum absolute atomic E-state index is 0.169.